The van der Waals surface area contributed by atoms with Crippen LogP contribution in [-0.2, 0) is 0 Å². The molecule has 0 bridgehead atoms. The number of hydrogen-bond donors (Lipinski definition) is 3. The molecule has 82 valence electrons. The molecule has 0 saturated carbocycles. The van der Waals surface area contributed by atoms with Gasteiger partial charge >= 0.3 is 0 Å². The van der Waals surface area contributed by atoms with Crippen molar-refractivity contribution in [2.24, 2.45) is 0 Å². The Kier molecular flexibility index (Phi) is 4.11. The summed E-state index contributed by atoms with van der Waals surface area (Å²) in [5.74, 6) is -0.246. The van der Waals surface area contributed by atoms with Gasteiger partial charge in [-0.05, 0) is 25.1 Å². The summed E-state index contributed by atoms with van der Waals surface area (Å²) < 4.78 is 0.754. The molecule has 1 aromatic carbocycles. The van der Waals surface area contributed by atoms with Crippen LogP contribution in [0.2, 0.25) is 0 Å². The van der Waals surface area contributed by atoms with Crippen LogP contribution in [0.4, 0.5) is 5.69 Å². The van der Waals surface area contributed by atoms with Crippen molar-refractivity contribution in [3.63, 3.8) is 0 Å². The number of anilines is 1. The molecule has 0 aliphatic carbocycles. The highest BCUT2D eigenvalue weighted by molar-refractivity contribution is 9.10. The van der Waals surface area contributed by atoms with Gasteiger partial charge in [0.05, 0.1) is 6.61 Å². The van der Waals surface area contributed by atoms with Gasteiger partial charge in [-0.15, -0.1) is 0 Å². The molecule has 0 saturated heterocycles. The van der Waals surface area contributed by atoms with E-state index in [9.17, 15) is 4.79 Å². The Labute approximate surface area is 96.6 Å². The van der Waals surface area contributed by atoms with Gasteiger partial charge in [-0.25, -0.2) is 0 Å². The third kappa shape index (κ3) is 3.53. The monoisotopic (exact) mass is 272 g/mol. The smallest absolute Gasteiger partial charge is 0.251 e. The molecule has 5 heteroatoms. The number of benzene rings is 1. The Morgan fingerprint density at radius 3 is 2.80 bits per heavy atom. The van der Waals surface area contributed by atoms with E-state index in [1.54, 1.807) is 25.1 Å². The largest absolute Gasteiger partial charge is 0.399 e. The van der Waals surface area contributed by atoms with Crippen molar-refractivity contribution >= 4 is 27.5 Å². The molecule has 0 radical (unpaired) electrons. The normalized spacial score (nSPS) is 12.2. The lowest BCUT2D eigenvalue weighted by Crippen LogP contribution is -2.35. The van der Waals surface area contributed by atoms with Crippen LogP contribution in [0.3, 0.4) is 0 Å². The van der Waals surface area contributed by atoms with Crippen molar-refractivity contribution in [2.45, 2.75) is 13.0 Å². The van der Waals surface area contributed by atoms with Crippen molar-refractivity contribution in [2.75, 3.05) is 12.3 Å². The molecule has 0 fully saturated rings. The first kappa shape index (κ1) is 12.0. The number of carbonyl (C=O) groups excluding carboxylic acids is 1. The van der Waals surface area contributed by atoms with Crippen molar-refractivity contribution in [1.29, 1.82) is 0 Å². The highest BCUT2D eigenvalue weighted by Crippen LogP contribution is 2.17. The van der Waals surface area contributed by atoms with Crippen LogP contribution in [0.25, 0.3) is 0 Å². The third-order valence-corrected chi connectivity index (χ3v) is 2.29. The maximum Gasteiger partial charge on any atom is 0.251 e. The van der Waals surface area contributed by atoms with Crippen LogP contribution in [0, 0.1) is 0 Å². The summed E-state index contributed by atoms with van der Waals surface area (Å²) in [5.41, 5.74) is 6.59. The average Bonchev–Trinajstić information content (AvgIpc) is 2.16. The fourth-order valence-corrected chi connectivity index (χ4v) is 1.61. The number of nitrogens with two attached hydrogens (primary N) is 1. The maximum atomic E-state index is 11.6. The average molecular weight is 273 g/mol. The van der Waals surface area contributed by atoms with Gasteiger partial charge in [-0.3, -0.25) is 4.79 Å². The van der Waals surface area contributed by atoms with Crippen LogP contribution in [-0.4, -0.2) is 23.7 Å². The van der Waals surface area contributed by atoms with Gasteiger partial charge < -0.3 is 16.2 Å². The van der Waals surface area contributed by atoms with Crippen LogP contribution < -0.4 is 11.1 Å². The van der Waals surface area contributed by atoms with E-state index in [0.717, 1.165) is 4.47 Å². The topological polar surface area (TPSA) is 75.3 Å². The lowest BCUT2D eigenvalue weighted by Gasteiger charge is -2.11. The van der Waals surface area contributed by atoms with E-state index < -0.39 is 0 Å². The summed E-state index contributed by atoms with van der Waals surface area (Å²) in [5, 5.41) is 11.4. The van der Waals surface area contributed by atoms with E-state index in [1.165, 1.54) is 0 Å². The maximum absolute atomic E-state index is 11.6. The minimum absolute atomic E-state index is 0.0881. The number of aliphatic hydroxyl groups is 1. The van der Waals surface area contributed by atoms with Crippen molar-refractivity contribution in [1.82, 2.24) is 5.32 Å². The van der Waals surface area contributed by atoms with Crippen LogP contribution in [0.15, 0.2) is 22.7 Å². The number of carbonyl (C=O) groups is 1. The molecule has 1 aromatic rings. The third-order valence-electron chi connectivity index (χ3n) is 1.83. The van der Waals surface area contributed by atoms with E-state index in [0.29, 0.717) is 11.3 Å². The Bertz CT molecular complexity index is 348. The number of hydrogen-bond acceptors (Lipinski definition) is 3. The fourth-order valence-electron chi connectivity index (χ4n) is 1.10. The van der Waals surface area contributed by atoms with E-state index in [1.807, 2.05) is 0 Å². The Hall–Kier alpha value is -1.07. The zero-order valence-electron chi connectivity index (χ0n) is 8.33. The van der Waals surface area contributed by atoms with Gasteiger partial charge in [0.1, 0.15) is 0 Å². The highest BCUT2D eigenvalue weighted by atomic mass is 79.9. The molecule has 0 aromatic heterocycles. The number of rotatable bonds is 3. The molecule has 1 unspecified atom stereocenters. The van der Waals surface area contributed by atoms with Gasteiger partial charge in [0, 0.05) is 21.8 Å². The number of amides is 1. The summed E-state index contributed by atoms with van der Waals surface area (Å²) in [6.45, 7) is 1.63. The molecule has 15 heavy (non-hydrogen) atoms. The molecule has 1 rings (SSSR count). The van der Waals surface area contributed by atoms with Crippen LogP contribution in [0.5, 0.6) is 0 Å². The number of halogens is 1. The predicted molar refractivity (Wildman–Crippen MR) is 62.6 cm³/mol. The molecule has 4 N–H and O–H groups in total. The molecular weight excluding hydrogens is 260 g/mol. The van der Waals surface area contributed by atoms with Crippen molar-refractivity contribution < 1.29 is 9.90 Å². The first-order valence-corrected chi connectivity index (χ1v) is 5.30. The van der Waals surface area contributed by atoms with Gasteiger partial charge in [0.15, 0.2) is 0 Å². The van der Waals surface area contributed by atoms with Crippen molar-refractivity contribution in [3.05, 3.63) is 28.2 Å². The molecule has 0 aliphatic heterocycles. The van der Waals surface area contributed by atoms with E-state index >= 15 is 0 Å². The zero-order valence-corrected chi connectivity index (χ0v) is 9.91. The summed E-state index contributed by atoms with van der Waals surface area (Å²) in [7, 11) is 0. The molecule has 1 atom stereocenters. The fraction of sp³-hybridized carbons (Fsp3) is 0.300. The van der Waals surface area contributed by atoms with Crippen molar-refractivity contribution in [3.8, 4) is 0 Å². The highest BCUT2D eigenvalue weighted by Gasteiger charge is 2.09. The van der Waals surface area contributed by atoms with Crippen LogP contribution in [0.1, 0.15) is 17.3 Å². The Balaban J connectivity index is 2.82. The van der Waals surface area contributed by atoms with Gasteiger partial charge in [0.2, 0.25) is 0 Å². The first-order chi connectivity index (χ1) is 7.02. The van der Waals surface area contributed by atoms with E-state index in [2.05, 4.69) is 21.2 Å². The lowest BCUT2D eigenvalue weighted by atomic mass is 10.2. The van der Waals surface area contributed by atoms with Gasteiger partial charge in [-0.1, -0.05) is 15.9 Å². The van der Waals surface area contributed by atoms with E-state index in [-0.39, 0.29) is 18.6 Å². The summed E-state index contributed by atoms with van der Waals surface area (Å²) in [4.78, 5) is 11.6. The zero-order chi connectivity index (χ0) is 11.4. The Morgan fingerprint density at radius 1 is 1.60 bits per heavy atom. The number of aliphatic hydroxyl groups excluding tert-OH is 1. The van der Waals surface area contributed by atoms with Gasteiger partial charge in [-0.2, -0.15) is 0 Å². The molecular formula is C10H13BrN2O2. The summed E-state index contributed by atoms with van der Waals surface area (Å²) in [6.07, 6.45) is 0. The number of nitrogen functional groups attached to an aromatic ring is 1. The first-order valence-electron chi connectivity index (χ1n) is 4.50. The molecule has 0 aliphatic rings. The number of nitrogens with one attached hydrogen (secondary N) is 1. The predicted octanol–water partition coefficient (Wildman–Crippen LogP) is 1.14. The van der Waals surface area contributed by atoms with Crippen LogP contribution >= 0.6 is 15.9 Å². The second-order valence-corrected chi connectivity index (χ2v) is 4.25. The molecule has 0 spiro atoms. The molecule has 4 nitrogen and oxygen atoms in total. The lowest BCUT2D eigenvalue weighted by molar-refractivity contribution is 0.0922. The minimum atomic E-state index is -0.266. The molecule has 1 amide bonds. The Morgan fingerprint density at radius 2 is 2.27 bits per heavy atom. The minimum Gasteiger partial charge on any atom is -0.399 e. The van der Waals surface area contributed by atoms with E-state index in [4.69, 9.17) is 10.8 Å². The van der Waals surface area contributed by atoms with Gasteiger partial charge in [0.25, 0.3) is 5.91 Å². The molecule has 0 heterocycles. The SMILES string of the molecule is CC(CO)NC(=O)c1cc(N)cc(Br)c1. The summed E-state index contributed by atoms with van der Waals surface area (Å²) in [6, 6.07) is 4.71. The second-order valence-electron chi connectivity index (χ2n) is 3.33. The second kappa shape index (κ2) is 5.14. The summed E-state index contributed by atoms with van der Waals surface area (Å²) >= 11 is 3.26. The standard InChI is InChI=1S/C10H13BrN2O2/c1-6(5-14)13-10(15)7-2-8(11)4-9(12)3-7/h2-4,6,14H,5,12H2,1H3,(H,13,15). The quantitative estimate of drug-likeness (QED) is 0.723.